The second-order valence-electron chi connectivity index (χ2n) is 5.29. The first-order valence-electron chi connectivity index (χ1n) is 7.79. The van der Waals surface area contributed by atoms with Crippen LogP contribution < -0.4 is 4.74 Å². The van der Waals surface area contributed by atoms with Crippen LogP contribution in [0.2, 0.25) is 0 Å². The number of thioether (sulfide) groups is 1. The molecule has 0 aliphatic carbocycles. The fourth-order valence-corrected chi connectivity index (χ4v) is 4.61. The molecule has 0 saturated heterocycles. The van der Waals surface area contributed by atoms with Gasteiger partial charge in [-0.3, -0.25) is 0 Å². The third-order valence-electron chi connectivity index (χ3n) is 3.37. The third kappa shape index (κ3) is 7.60. The maximum Gasteiger partial charge on any atom is 0.416 e. The Labute approximate surface area is 164 Å². The number of benzene rings is 2. The van der Waals surface area contributed by atoms with Crippen LogP contribution in [-0.4, -0.2) is 12.9 Å². The van der Waals surface area contributed by atoms with Crippen molar-refractivity contribution in [1.29, 1.82) is 0 Å². The number of halogens is 3. The van der Waals surface area contributed by atoms with E-state index < -0.39 is 11.7 Å². The molecule has 0 N–H and O–H groups in total. The molecule has 140 valence electrons. The number of alkyl halides is 3. The van der Waals surface area contributed by atoms with Crippen LogP contribution in [0.25, 0.3) is 0 Å². The van der Waals surface area contributed by atoms with E-state index in [9.17, 15) is 13.2 Å². The van der Waals surface area contributed by atoms with Crippen LogP contribution in [0.5, 0.6) is 5.75 Å². The lowest BCUT2D eigenvalue weighted by Gasteiger charge is -2.07. The molecule has 1 nitrogen and oxygen atoms in total. The van der Waals surface area contributed by atoms with Crippen molar-refractivity contribution in [3.05, 3.63) is 76.7 Å². The Hall–Kier alpha value is -1.18. The molecule has 0 fully saturated rings. The van der Waals surface area contributed by atoms with E-state index in [2.05, 4.69) is 18.2 Å². The molecule has 0 radical (unpaired) electrons. The lowest BCUT2D eigenvalue weighted by atomic mass is 10.1. The lowest BCUT2D eigenvalue weighted by molar-refractivity contribution is -0.137. The van der Waals surface area contributed by atoms with Crippen molar-refractivity contribution in [3.63, 3.8) is 0 Å². The van der Waals surface area contributed by atoms with Gasteiger partial charge in [-0.25, -0.2) is 0 Å². The van der Waals surface area contributed by atoms with E-state index in [1.54, 1.807) is 52.6 Å². The van der Waals surface area contributed by atoms with Gasteiger partial charge in [0.05, 0.1) is 12.7 Å². The molecular formula is C19H19F3OS3. The summed E-state index contributed by atoms with van der Waals surface area (Å²) in [6.07, 6.45) is -2.20. The van der Waals surface area contributed by atoms with Gasteiger partial charge in [0, 0.05) is 17.3 Å². The molecule has 0 heterocycles. The largest absolute Gasteiger partial charge is 0.497 e. The first kappa shape index (κ1) is 21.1. The number of ether oxygens (including phenoxy) is 1. The first-order valence-corrected chi connectivity index (χ1v) is 11.3. The summed E-state index contributed by atoms with van der Waals surface area (Å²) in [7, 11) is 5.08. The monoisotopic (exact) mass is 416 g/mol. The zero-order valence-electron chi connectivity index (χ0n) is 14.2. The van der Waals surface area contributed by atoms with Crippen molar-refractivity contribution in [2.24, 2.45) is 0 Å². The minimum Gasteiger partial charge on any atom is -0.497 e. The van der Waals surface area contributed by atoms with E-state index in [0.717, 1.165) is 35.0 Å². The molecule has 2 aromatic carbocycles. The van der Waals surface area contributed by atoms with Gasteiger partial charge in [-0.05, 0) is 40.8 Å². The summed E-state index contributed by atoms with van der Waals surface area (Å²) in [6.45, 7) is 0. The molecule has 0 saturated carbocycles. The minimum atomic E-state index is -4.27. The molecule has 0 aromatic heterocycles. The topological polar surface area (TPSA) is 9.23 Å². The Bertz CT molecular complexity index is 683. The van der Waals surface area contributed by atoms with E-state index in [1.807, 2.05) is 17.5 Å². The zero-order chi connectivity index (χ0) is 18.8. The summed E-state index contributed by atoms with van der Waals surface area (Å²) < 4.78 is 42.6. The molecule has 0 aliphatic heterocycles. The molecule has 2 rings (SSSR count). The summed E-state index contributed by atoms with van der Waals surface area (Å²) in [5.74, 6) is 3.30. The van der Waals surface area contributed by atoms with E-state index in [1.165, 1.54) is 5.56 Å². The van der Waals surface area contributed by atoms with Gasteiger partial charge in [-0.1, -0.05) is 51.9 Å². The molecule has 0 bridgehead atoms. The van der Waals surface area contributed by atoms with Crippen LogP contribution in [0, 0.1) is 0 Å². The number of methoxy groups -OCH3 is 1. The number of hydrogen-bond donors (Lipinski definition) is 0. The first-order chi connectivity index (χ1) is 12.5. The van der Waals surface area contributed by atoms with Gasteiger partial charge in [-0.2, -0.15) is 24.9 Å². The average molecular weight is 417 g/mol. The number of hydrogen-bond acceptors (Lipinski definition) is 4. The summed E-state index contributed by atoms with van der Waals surface area (Å²) >= 11 is 1.67. The smallest absolute Gasteiger partial charge is 0.416 e. The lowest BCUT2D eigenvalue weighted by Crippen LogP contribution is -2.04. The maximum atomic E-state index is 12.5. The predicted octanol–water partition coefficient (Wildman–Crippen LogP) is 7.04. The van der Waals surface area contributed by atoms with Gasteiger partial charge in [0.2, 0.25) is 0 Å². The predicted molar refractivity (Wildman–Crippen MR) is 109 cm³/mol. The minimum absolute atomic E-state index is 0.601. The molecule has 2 aromatic rings. The molecule has 26 heavy (non-hydrogen) atoms. The van der Waals surface area contributed by atoms with Gasteiger partial charge >= 0.3 is 6.18 Å². The normalized spacial score (nSPS) is 11.8. The highest BCUT2D eigenvalue weighted by Gasteiger charge is 2.29. The highest BCUT2D eigenvalue weighted by molar-refractivity contribution is 8.77. The van der Waals surface area contributed by atoms with Crippen LogP contribution in [-0.2, 0) is 17.7 Å². The summed E-state index contributed by atoms with van der Waals surface area (Å²) in [4.78, 5) is 0. The molecule has 0 amide bonds. The Morgan fingerprint density at radius 3 is 2.15 bits per heavy atom. The van der Waals surface area contributed by atoms with Crippen LogP contribution >= 0.6 is 33.3 Å². The quantitative estimate of drug-likeness (QED) is 0.320. The second kappa shape index (κ2) is 10.8. The van der Waals surface area contributed by atoms with Crippen LogP contribution in [0.15, 0.2) is 60.0 Å². The van der Waals surface area contributed by atoms with Gasteiger partial charge < -0.3 is 4.74 Å². The molecule has 0 aliphatic rings. The van der Waals surface area contributed by atoms with E-state index in [4.69, 9.17) is 4.74 Å². The van der Waals surface area contributed by atoms with Crippen molar-refractivity contribution in [2.75, 3.05) is 12.9 Å². The fraction of sp³-hybridized carbons (Fsp3) is 0.263. The molecule has 0 atom stereocenters. The van der Waals surface area contributed by atoms with Crippen molar-refractivity contribution in [2.45, 2.75) is 17.7 Å². The standard InChI is InChI=1S/C19H19F3OS3/c1-23-18-9-5-16(6-10-18)14-26-25-12-2-11-24-13-15-3-7-17(8-4-15)19(20,21)22/h2-10,12H,11,13-14H2,1H3/b12-2-. The van der Waals surface area contributed by atoms with Gasteiger partial charge in [0.1, 0.15) is 5.75 Å². The molecular weight excluding hydrogens is 397 g/mol. The zero-order valence-corrected chi connectivity index (χ0v) is 16.6. The second-order valence-corrected chi connectivity index (χ2v) is 8.59. The SMILES string of the molecule is COc1ccc(CSS/C=C\CSCc2ccc(C(F)(F)F)cc2)cc1. The summed E-state index contributed by atoms with van der Waals surface area (Å²) in [5, 5.41) is 2.05. The van der Waals surface area contributed by atoms with Gasteiger partial charge in [0.15, 0.2) is 0 Å². The highest BCUT2D eigenvalue weighted by Crippen LogP contribution is 2.30. The Morgan fingerprint density at radius 1 is 0.923 bits per heavy atom. The van der Waals surface area contributed by atoms with Gasteiger partial charge in [-0.15, -0.1) is 0 Å². The Balaban J connectivity index is 1.59. The Morgan fingerprint density at radius 2 is 1.54 bits per heavy atom. The molecule has 7 heteroatoms. The number of rotatable bonds is 9. The maximum absolute atomic E-state index is 12.5. The Kier molecular flexibility index (Phi) is 8.81. The van der Waals surface area contributed by atoms with Crippen molar-refractivity contribution in [3.8, 4) is 5.75 Å². The fourth-order valence-electron chi connectivity index (χ4n) is 1.98. The van der Waals surface area contributed by atoms with E-state index >= 15 is 0 Å². The van der Waals surface area contributed by atoms with Crippen molar-refractivity contribution >= 4 is 33.3 Å². The van der Waals surface area contributed by atoms with E-state index in [-0.39, 0.29) is 0 Å². The van der Waals surface area contributed by atoms with Crippen LogP contribution in [0.1, 0.15) is 16.7 Å². The highest BCUT2D eigenvalue weighted by atomic mass is 33.1. The molecule has 0 spiro atoms. The van der Waals surface area contributed by atoms with Crippen molar-refractivity contribution < 1.29 is 17.9 Å². The van der Waals surface area contributed by atoms with Gasteiger partial charge in [0.25, 0.3) is 0 Å². The molecule has 0 unspecified atom stereocenters. The summed E-state index contributed by atoms with van der Waals surface area (Å²) in [6, 6.07) is 13.4. The van der Waals surface area contributed by atoms with E-state index in [0.29, 0.717) is 5.75 Å². The van der Waals surface area contributed by atoms with Crippen LogP contribution in [0.3, 0.4) is 0 Å². The third-order valence-corrected chi connectivity index (χ3v) is 6.32. The average Bonchev–Trinajstić information content (AvgIpc) is 2.64. The van der Waals surface area contributed by atoms with Crippen LogP contribution in [0.4, 0.5) is 13.2 Å². The summed E-state index contributed by atoms with van der Waals surface area (Å²) in [5.41, 5.74) is 1.54. The van der Waals surface area contributed by atoms with Crippen molar-refractivity contribution in [1.82, 2.24) is 0 Å².